The van der Waals surface area contributed by atoms with Crippen LogP contribution in [0.4, 0.5) is 0 Å². The van der Waals surface area contributed by atoms with Crippen molar-refractivity contribution in [3.63, 3.8) is 0 Å². The van der Waals surface area contributed by atoms with E-state index in [0.717, 1.165) is 24.5 Å². The maximum Gasteiger partial charge on any atom is 0.161 e. The van der Waals surface area contributed by atoms with Gasteiger partial charge in [-0.05, 0) is 35.2 Å². The fourth-order valence-electron chi connectivity index (χ4n) is 2.68. The van der Waals surface area contributed by atoms with Gasteiger partial charge < -0.3 is 14.2 Å². The second-order valence-electron chi connectivity index (χ2n) is 4.82. The quantitative estimate of drug-likeness (QED) is 0.856. The summed E-state index contributed by atoms with van der Waals surface area (Å²) >= 11 is 0. The third-order valence-electron chi connectivity index (χ3n) is 3.69. The molecule has 1 aliphatic rings. The zero-order chi connectivity index (χ0) is 13.9. The lowest BCUT2D eigenvalue weighted by molar-refractivity contribution is 0.0695. The summed E-state index contributed by atoms with van der Waals surface area (Å²) in [7, 11) is 3.32. The Morgan fingerprint density at radius 1 is 1.00 bits per heavy atom. The lowest BCUT2D eigenvalue weighted by Gasteiger charge is -2.27. The fourth-order valence-corrected chi connectivity index (χ4v) is 2.68. The van der Waals surface area contributed by atoms with Crippen molar-refractivity contribution in [3.05, 3.63) is 59.2 Å². The molecule has 0 saturated carbocycles. The molecular weight excluding hydrogens is 252 g/mol. The predicted octanol–water partition coefficient (Wildman–Crippen LogP) is 3.37. The average molecular weight is 270 g/mol. The Labute approximate surface area is 119 Å². The molecule has 0 radical (unpaired) electrons. The lowest BCUT2D eigenvalue weighted by Crippen LogP contribution is -2.17. The predicted molar refractivity (Wildman–Crippen MR) is 77.5 cm³/mol. The number of benzene rings is 2. The molecule has 0 bridgehead atoms. The number of rotatable bonds is 3. The van der Waals surface area contributed by atoms with E-state index in [1.54, 1.807) is 14.2 Å². The molecule has 0 amide bonds. The number of hydrogen-bond acceptors (Lipinski definition) is 3. The third kappa shape index (κ3) is 2.25. The van der Waals surface area contributed by atoms with Crippen molar-refractivity contribution in [2.45, 2.75) is 12.5 Å². The molecule has 0 aliphatic carbocycles. The summed E-state index contributed by atoms with van der Waals surface area (Å²) in [6.45, 7) is 0.724. The van der Waals surface area contributed by atoms with E-state index in [2.05, 4.69) is 18.2 Å². The number of methoxy groups -OCH3 is 2. The molecule has 0 N–H and O–H groups in total. The Hall–Kier alpha value is -2.00. The highest BCUT2D eigenvalue weighted by Gasteiger charge is 2.24. The third-order valence-corrected chi connectivity index (χ3v) is 3.69. The van der Waals surface area contributed by atoms with E-state index in [9.17, 15) is 0 Å². The van der Waals surface area contributed by atoms with Crippen LogP contribution in [0.5, 0.6) is 11.5 Å². The first-order chi connectivity index (χ1) is 9.83. The van der Waals surface area contributed by atoms with E-state index in [4.69, 9.17) is 14.2 Å². The van der Waals surface area contributed by atoms with E-state index in [1.165, 1.54) is 16.7 Å². The van der Waals surface area contributed by atoms with Crippen molar-refractivity contribution in [1.82, 2.24) is 0 Å². The van der Waals surface area contributed by atoms with Gasteiger partial charge in [-0.2, -0.15) is 0 Å². The van der Waals surface area contributed by atoms with Crippen LogP contribution in [0.2, 0.25) is 0 Å². The van der Waals surface area contributed by atoms with Crippen LogP contribution in [0.15, 0.2) is 42.5 Å². The van der Waals surface area contributed by atoms with E-state index in [1.807, 2.05) is 24.3 Å². The van der Waals surface area contributed by atoms with Crippen LogP contribution in [-0.2, 0) is 11.2 Å². The molecule has 0 spiro atoms. The number of fused-ring (bicyclic) bond motifs is 1. The molecular formula is C17H18O3. The Morgan fingerprint density at radius 2 is 1.70 bits per heavy atom. The molecule has 3 heteroatoms. The second kappa shape index (κ2) is 5.55. The van der Waals surface area contributed by atoms with Gasteiger partial charge >= 0.3 is 0 Å². The summed E-state index contributed by atoms with van der Waals surface area (Å²) in [4.78, 5) is 0. The monoisotopic (exact) mass is 270 g/mol. The lowest BCUT2D eigenvalue weighted by atomic mass is 9.92. The van der Waals surface area contributed by atoms with Gasteiger partial charge in [0, 0.05) is 0 Å². The van der Waals surface area contributed by atoms with Crippen LogP contribution in [0, 0.1) is 0 Å². The van der Waals surface area contributed by atoms with Gasteiger partial charge in [0.2, 0.25) is 0 Å². The van der Waals surface area contributed by atoms with Crippen LogP contribution in [-0.4, -0.2) is 20.8 Å². The highest BCUT2D eigenvalue weighted by molar-refractivity contribution is 5.50. The fraction of sp³-hybridized carbons (Fsp3) is 0.294. The van der Waals surface area contributed by atoms with E-state index in [-0.39, 0.29) is 6.10 Å². The van der Waals surface area contributed by atoms with Gasteiger partial charge in [-0.25, -0.2) is 0 Å². The van der Waals surface area contributed by atoms with Gasteiger partial charge in [0.05, 0.1) is 20.8 Å². The molecule has 0 saturated heterocycles. The van der Waals surface area contributed by atoms with Crippen molar-refractivity contribution in [3.8, 4) is 11.5 Å². The second-order valence-corrected chi connectivity index (χ2v) is 4.82. The van der Waals surface area contributed by atoms with Crippen molar-refractivity contribution < 1.29 is 14.2 Å². The summed E-state index contributed by atoms with van der Waals surface area (Å²) in [6.07, 6.45) is 0.874. The van der Waals surface area contributed by atoms with Gasteiger partial charge in [0.15, 0.2) is 11.5 Å². The maximum atomic E-state index is 5.97. The molecule has 0 aromatic heterocycles. The first-order valence-electron chi connectivity index (χ1n) is 6.75. The van der Waals surface area contributed by atoms with E-state index >= 15 is 0 Å². The minimum Gasteiger partial charge on any atom is -0.493 e. The zero-order valence-electron chi connectivity index (χ0n) is 11.8. The summed E-state index contributed by atoms with van der Waals surface area (Å²) in [5.41, 5.74) is 3.60. The molecule has 20 heavy (non-hydrogen) atoms. The van der Waals surface area contributed by atoms with Crippen molar-refractivity contribution in [2.75, 3.05) is 20.8 Å². The maximum absolute atomic E-state index is 5.97. The highest BCUT2D eigenvalue weighted by Crippen LogP contribution is 2.39. The van der Waals surface area contributed by atoms with Gasteiger partial charge in [0.25, 0.3) is 0 Å². The molecule has 2 aromatic rings. The summed E-state index contributed by atoms with van der Waals surface area (Å²) in [5, 5.41) is 0. The van der Waals surface area contributed by atoms with Gasteiger partial charge in [-0.15, -0.1) is 0 Å². The van der Waals surface area contributed by atoms with Crippen molar-refractivity contribution in [2.24, 2.45) is 0 Å². The topological polar surface area (TPSA) is 27.7 Å². The number of hydrogen-bond donors (Lipinski definition) is 0. The molecule has 104 valence electrons. The van der Waals surface area contributed by atoms with Gasteiger partial charge in [0.1, 0.15) is 6.10 Å². The SMILES string of the molecule is COc1cc2c(cc1OC)[C@H](c1ccccc1)OCC2. The average Bonchev–Trinajstić information content (AvgIpc) is 2.53. The Bertz CT molecular complexity index is 593. The Kier molecular flexibility index (Phi) is 3.61. The van der Waals surface area contributed by atoms with E-state index in [0.29, 0.717) is 0 Å². The smallest absolute Gasteiger partial charge is 0.161 e. The van der Waals surface area contributed by atoms with E-state index < -0.39 is 0 Å². The van der Waals surface area contributed by atoms with Gasteiger partial charge in [-0.3, -0.25) is 0 Å². The number of ether oxygens (including phenoxy) is 3. The molecule has 3 nitrogen and oxygen atoms in total. The largest absolute Gasteiger partial charge is 0.493 e. The highest BCUT2D eigenvalue weighted by atomic mass is 16.5. The van der Waals surface area contributed by atoms with Crippen LogP contribution < -0.4 is 9.47 Å². The van der Waals surface area contributed by atoms with Gasteiger partial charge in [-0.1, -0.05) is 30.3 Å². The Morgan fingerprint density at radius 3 is 2.40 bits per heavy atom. The molecule has 3 rings (SSSR count). The molecule has 1 heterocycles. The first kappa shape index (κ1) is 13.0. The van der Waals surface area contributed by atoms with Crippen molar-refractivity contribution in [1.29, 1.82) is 0 Å². The first-order valence-corrected chi connectivity index (χ1v) is 6.75. The van der Waals surface area contributed by atoms with Crippen molar-refractivity contribution >= 4 is 0 Å². The Balaban J connectivity index is 2.08. The van der Waals surface area contributed by atoms with Crippen LogP contribution in [0.3, 0.4) is 0 Å². The minimum absolute atomic E-state index is 0.0280. The summed E-state index contributed by atoms with van der Waals surface area (Å²) in [6, 6.07) is 14.4. The molecule has 1 aliphatic heterocycles. The minimum atomic E-state index is -0.0280. The zero-order valence-corrected chi connectivity index (χ0v) is 11.8. The molecule has 2 aromatic carbocycles. The molecule has 1 atom stereocenters. The summed E-state index contributed by atoms with van der Waals surface area (Å²) < 4.78 is 16.8. The molecule has 0 unspecified atom stereocenters. The summed E-state index contributed by atoms with van der Waals surface area (Å²) in [5.74, 6) is 1.53. The molecule has 0 fully saturated rings. The van der Waals surface area contributed by atoms with Crippen LogP contribution in [0.25, 0.3) is 0 Å². The normalized spacial score (nSPS) is 17.4. The standard InChI is InChI=1S/C17H18O3/c1-18-15-10-13-8-9-20-17(12-6-4-3-5-7-12)14(13)11-16(15)19-2/h3-7,10-11,17H,8-9H2,1-2H3/t17-/m0/s1. The van der Waals surface area contributed by atoms with Crippen LogP contribution >= 0.6 is 0 Å². The van der Waals surface area contributed by atoms with Crippen LogP contribution in [0.1, 0.15) is 22.8 Å².